The van der Waals surface area contributed by atoms with Gasteiger partial charge in [-0.3, -0.25) is 9.69 Å². The van der Waals surface area contributed by atoms with Crippen molar-refractivity contribution in [2.45, 2.75) is 44.6 Å². The van der Waals surface area contributed by atoms with E-state index in [1.807, 2.05) is 6.92 Å². The van der Waals surface area contributed by atoms with E-state index in [1.54, 1.807) is 11.8 Å². The van der Waals surface area contributed by atoms with Crippen molar-refractivity contribution in [1.82, 2.24) is 4.90 Å². The summed E-state index contributed by atoms with van der Waals surface area (Å²) in [5.74, 6) is -0.138. The summed E-state index contributed by atoms with van der Waals surface area (Å²) in [6, 6.07) is 8.49. The average molecular weight is 309 g/mol. The van der Waals surface area contributed by atoms with Crippen molar-refractivity contribution >= 4 is 17.7 Å². The summed E-state index contributed by atoms with van der Waals surface area (Å²) in [6.45, 7) is 10.5. The number of benzene rings is 1. The van der Waals surface area contributed by atoms with Gasteiger partial charge in [-0.1, -0.05) is 26.0 Å². The first-order valence-electron chi connectivity index (χ1n) is 7.57. The second kappa shape index (κ2) is 8.44. The maximum Gasteiger partial charge on any atom is 0.307 e. The minimum atomic E-state index is -0.327. The Morgan fingerprint density at radius 1 is 1.19 bits per heavy atom. The number of hydrogen-bond donors (Lipinski definition) is 0. The van der Waals surface area contributed by atoms with Crippen LogP contribution < -0.4 is 0 Å². The third-order valence-electron chi connectivity index (χ3n) is 3.97. The molecule has 0 saturated heterocycles. The van der Waals surface area contributed by atoms with Crippen LogP contribution in [0.4, 0.5) is 0 Å². The van der Waals surface area contributed by atoms with Crippen LogP contribution in [0.25, 0.3) is 0 Å². The third-order valence-corrected chi connectivity index (χ3v) is 4.71. The van der Waals surface area contributed by atoms with E-state index in [-0.39, 0.29) is 11.5 Å². The predicted octanol–water partition coefficient (Wildman–Crippen LogP) is 3.92. The Hall–Kier alpha value is -1.00. The summed E-state index contributed by atoms with van der Waals surface area (Å²) in [4.78, 5) is 15.6. The fourth-order valence-electron chi connectivity index (χ4n) is 2.76. The maximum absolute atomic E-state index is 12.0. The van der Waals surface area contributed by atoms with Crippen molar-refractivity contribution in [2.75, 3.05) is 26.0 Å². The molecule has 118 valence electrons. The maximum atomic E-state index is 12.0. The highest BCUT2D eigenvalue weighted by Gasteiger charge is 2.35. The van der Waals surface area contributed by atoms with E-state index in [1.165, 1.54) is 4.90 Å². The van der Waals surface area contributed by atoms with E-state index in [9.17, 15) is 4.79 Å². The van der Waals surface area contributed by atoms with Gasteiger partial charge in [-0.2, -0.15) is 0 Å². The molecule has 0 aliphatic heterocycles. The first kappa shape index (κ1) is 18.1. The van der Waals surface area contributed by atoms with Crippen molar-refractivity contribution in [3.8, 4) is 0 Å². The van der Waals surface area contributed by atoms with Crippen LogP contribution in [0.3, 0.4) is 0 Å². The Bertz CT molecular complexity index is 443. The Labute approximate surface area is 133 Å². The number of carbonyl (C=O) groups is 1. The number of nitrogens with zero attached hydrogens (tertiary/aromatic N) is 1. The minimum absolute atomic E-state index is 0.138. The third kappa shape index (κ3) is 4.48. The van der Waals surface area contributed by atoms with Crippen LogP contribution in [-0.2, 0) is 15.1 Å². The molecule has 0 radical (unpaired) electrons. The van der Waals surface area contributed by atoms with Gasteiger partial charge in [0.1, 0.15) is 0 Å². The Kier molecular flexibility index (Phi) is 7.26. The number of rotatable bonds is 8. The van der Waals surface area contributed by atoms with E-state index in [0.29, 0.717) is 13.0 Å². The van der Waals surface area contributed by atoms with Crippen molar-refractivity contribution in [3.63, 3.8) is 0 Å². The number of carbonyl (C=O) groups excluding carboxylic acids is 1. The molecule has 4 heteroatoms. The lowest BCUT2D eigenvalue weighted by Crippen LogP contribution is -2.45. The van der Waals surface area contributed by atoms with Crippen LogP contribution in [0.1, 0.15) is 39.7 Å². The van der Waals surface area contributed by atoms with Crippen LogP contribution in [0.15, 0.2) is 29.2 Å². The summed E-state index contributed by atoms with van der Waals surface area (Å²) in [7, 11) is 0. The van der Waals surface area contributed by atoms with Gasteiger partial charge in [-0.25, -0.2) is 0 Å². The summed E-state index contributed by atoms with van der Waals surface area (Å²) in [5.41, 5.74) is 0.837. The van der Waals surface area contributed by atoms with Gasteiger partial charge in [0.05, 0.1) is 18.6 Å². The molecule has 1 unspecified atom stereocenters. The van der Waals surface area contributed by atoms with Gasteiger partial charge >= 0.3 is 5.97 Å². The zero-order chi connectivity index (χ0) is 15.9. The molecule has 0 aromatic heterocycles. The highest BCUT2D eigenvalue weighted by molar-refractivity contribution is 7.98. The fourth-order valence-corrected chi connectivity index (χ4v) is 3.17. The van der Waals surface area contributed by atoms with Gasteiger partial charge in [-0.15, -0.1) is 11.8 Å². The van der Waals surface area contributed by atoms with Crippen LogP contribution >= 0.6 is 11.8 Å². The molecule has 1 atom stereocenters. The summed E-state index contributed by atoms with van der Waals surface area (Å²) in [5, 5.41) is 0. The molecule has 1 rings (SSSR count). The normalized spacial score (nSPS) is 14.0. The molecule has 1 aromatic carbocycles. The molecule has 0 bridgehead atoms. The molecule has 0 saturated carbocycles. The van der Waals surface area contributed by atoms with Crippen molar-refractivity contribution in [2.24, 2.45) is 0 Å². The lowest BCUT2D eigenvalue weighted by molar-refractivity contribution is -0.146. The van der Waals surface area contributed by atoms with Gasteiger partial charge in [0.15, 0.2) is 0 Å². The molecular formula is C17H27NO2S. The minimum Gasteiger partial charge on any atom is -0.466 e. The molecule has 21 heavy (non-hydrogen) atoms. The fraction of sp³-hybridized carbons (Fsp3) is 0.588. The van der Waals surface area contributed by atoms with Crippen molar-refractivity contribution < 1.29 is 9.53 Å². The van der Waals surface area contributed by atoms with E-state index in [4.69, 9.17) is 4.74 Å². The van der Waals surface area contributed by atoms with Gasteiger partial charge in [0, 0.05) is 4.90 Å². The molecule has 0 fully saturated rings. The predicted molar refractivity (Wildman–Crippen MR) is 89.7 cm³/mol. The molecule has 0 heterocycles. The lowest BCUT2D eigenvalue weighted by Gasteiger charge is -2.40. The monoisotopic (exact) mass is 309 g/mol. The number of esters is 1. The molecule has 0 aliphatic rings. The van der Waals surface area contributed by atoms with Gasteiger partial charge in [0.2, 0.25) is 0 Å². The first-order chi connectivity index (χ1) is 10.0. The van der Waals surface area contributed by atoms with Crippen molar-refractivity contribution in [1.29, 1.82) is 0 Å². The average Bonchev–Trinajstić information content (AvgIpc) is 2.48. The van der Waals surface area contributed by atoms with E-state index < -0.39 is 0 Å². The zero-order valence-electron chi connectivity index (χ0n) is 13.8. The highest BCUT2D eigenvalue weighted by atomic mass is 32.2. The quantitative estimate of drug-likeness (QED) is 0.538. The van der Waals surface area contributed by atoms with Gasteiger partial charge in [-0.05, 0) is 50.9 Å². The summed E-state index contributed by atoms with van der Waals surface area (Å²) >= 11 is 1.72. The second-order valence-electron chi connectivity index (χ2n) is 5.16. The number of thioether (sulfide) groups is 1. The summed E-state index contributed by atoms with van der Waals surface area (Å²) < 4.78 is 5.17. The molecule has 1 aromatic rings. The van der Waals surface area contributed by atoms with Crippen LogP contribution in [0, 0.1) is 0 Å². The second-order valence-corrected chi connectivity index (χ2v) is 6.04. The summed E-state index contributed by atoms with van der Waals surface area (Å²) in [6.07, 6.45) is 2.44. The van der Waals surface area contributed by atoms with Gasteiger partial charge in [0.25, 0.3) is 0 Å². The van der Waals surface area contributed by atoms with E-state index in [2.05, 4.69) is 56.2 Å². The van der Waals surface area contributed by atoms with Gasteiger partial charge < -0.3 is 4.74 Å². The molecule has 0 N–H and O–H groups in total. The molecular weight excluding hydrogens is 282 g/mol. The molecule has 0 aliphatic carbocycles. The smallest absolute Gasteiger partial charge is 0.307 e. The van der Waals surface area contributed by atoms with E-state index >= 15 is 0 Å². The molecule has 0 amide bonds. The Morgan fingerprint density at radius 3 is 2.19 bits per heavy atom. The number of ether oxygens (including phenoxy) is 1. The molecule has 0 spiro atoms. The molecule has 3 nitrogen and oxygen atoms in total. The van der Waals surface area contributed by atoms with Crippen LogP contribution in [0.2, 0.25) is 0 Å². The largest absolute Gasteiger partial charge is 0.466 e. The van der Waals surface area contributed by atoms with Crippen LogP contribution in [0.5, 0.6) is 0 Å². The van der Waals surface area contributed by atoms with E-state index in [0.717, 1.165) is 18.7 Å². The zero-order valence-corrected chi connectivity index (χ0v) is 14.6. The standard InChI is InChI=1S/C17H27NO2S/c1-6-18(7-2)17(4,13-16(19)20-8-3)14-9-11-15(21-5)12-10-14/h9-12H,6-8,13H2,1-5H3. The first-order valence-corrected chi connectivity index (χ1v) is 8.79. The lowest BCUT2D eigenvalue weighted by atomic mass is 9.86. The highest BCUT2D eigenvalue weighted by Crippen LogP contribution is 2.33. The van der Waals surface area contributed by atoms with Crippen LogP contribution in [-0.4, -0.2) is 36.8 Å². The number of hydrogen-bond acceptors (Lipinski definition) is 4. The Balaban J connectivity index is 3.12. The van der Waals surface area contributed by atoms with Crippen molar-refractivity contribution in [3.05, 3.63) is 29.8 Å². The Morgan fingerprint density at radius 2 is 1.76 bits per heavy atom. The topological polar surface area (TPSA) is 29.5 Å². The SMILES string of the molecule is CCOC(=O)CC(C)(c1ccc(SC)cc1)N(CC)CC.